The van der Waals surface area contributed by atoms with Gasteiger partial charge in [-0.15, -0.1) is 0 Å². The van der Waals surface area contributed by atoms with Gasteiger partial charge < -0.3 is 9.80 Å². The van der Waals surface area contributed by atoms with Crippen LogP contribution in [0, 0.1) is 5.82 Å². The maximum atomic E-state index is 13.8. The van der Waals surface area contributed by atoms with Crippen molar-refractivity contribution in [1.82, 2.24) is 19.6 Å². The highest BCUT2D eigenvalue weighted by molar-refractivity contribution is 6.32. The molecule has 8 heteroatoms. The smallest absolute Gasteiger partial charge is 0.246 e. The number of hydrogen-bond acceptors (Lipinski definition) is 4. The van der Waals surface area contributed by atoms with E-state index in [1.807, 2.05) is 4.90 Å². The van der Waals surface area contributed by atoms with Gasteiger partial charge in [-0.1, -0.05) is 24.1 Å². The number of rotatable bonds is 5. The molecular weight excluding hydrogens is 419 g/mol. The first-order valence-corrected chi connectivity index (χ1v) is 11.5. The van der Waals surface area contributed by atoms with E-state index < -0.39 is 5.82 Å². The van der Waals surface area contributed by atoms with Crippen molar-refractivity contribution in [2.24, 2.45) is 0 Å². The summed E-state index contributed by atoms with van der Waals surface area (Å²) in [6, 6.07) is 5.19. The average Bonchev–Trinajstić information content (AvgIpc) is 2.73. The van der Waals surface area contributed by atoms with Gasteiger partial charge in [0.15, 0.2) is 0 Å². The van der Waals surface area contributed by atoms with Crippen LogP contribution in [-0.2, 0) is 9.59 Å². The zero-order valence-electron chi connectivity index (χ0n) is 17.8. The van der Waals surface area contributed by atoms with Crippen molar-refractivity contribution in [3.8, 4) is 0 Å². The molecule has 0 radical (unpaired) electrons. The fourth-order valence-corrected chi connectivity index (χ4v) is 4.66. The molecule has 0 bridgehead atoms. The van der Waals surface area contributed by atoms with E-state index in [9.17, 15) is 14.0 Å². The Morgan fingerprint density at radius 2 is 1.68 bits per heavy atom. The van der Waals surface area contributed by atoms with Crippen LogP contribution in [0.3, 0.4) is 0 Å². The van der Waals surface area contributed by atoms with Gasteiger partial charge in [-0.05, 0) is 31.1 Å². The van der Waals surface area contributed by atoms with E-state index in [0.29, 0.717) is 32.7 Å². The Labute approximate surface area is 188 Å². The van der Waals surface area contributed by atoms with Gasteiger partial charge in [-0.2, -0.15) is 0 Å². The van der Waals surface area contributed by atoms with Crippen molar-refractivity contribution in [3.63, 3.8) is 0 Å². The lowest BCUT2D eigenvalue weighted by Crippen LogP contribution is -2.56. The highest BCUT2D eigenvalue weighted by Gasteiger charge is 2.30. The molecule has 1 aromatic carbocycles. The highest BCUT2D eigenvalue weighted by atomic mass is 35.5. The van der Waals surface area contributed by atoms with Gasteiger partial charge in [0, 0.05) is 70.0 Å². The van der Waals surface area contributed by atoms with Crippen LogP contribution < -0.4 is 0 Å². The molecule has 1 aromatic rings. The molecule has 6 nitrogen and oxygen atoms in total. The summed E-state index contributed by atoms with van der Waals surface area (Å²) in [5.74, 6) is -0.437. The second-order valence-corrected chi connectivity index (χ2v) is 8.98. The maximum absolute atomic E-state index is 13.8. The Kier molecular flexibility index (Phi) is 7.25. The molecule has 0 spiro atoms. The molecule has 3 aliphatic rings. The molecule has 1 aliphatic carbocycles. The number of amides is 2. The zero-order valence-corrected chi connectivity index (χ0v) is 18.6. The highest BCUT2D eigenvalue weighted by Crippen LogP contribution is 2.25. The molecule has 1 saturated carbocycles. The van der Waals surface area contributed by atoms with Gasteiger partial charge in [0.05, 0.1) is 11.6 Å². The molecule has 31 heavy (non-hydrogen) atoms. The van der Waals surface area contributed by atoms with Crippen LogP contribution in [0.5, 0.6) is 0 Å². The van der Waals surface area contributed by atoms with E-state index in [1.54, 1.807) is 11.0 Å². The van der Waals surface area contributed by atoms with Crippen LogP contribution in [0.15, 0.2) is 24.3 Å². The van der Waals surface area contributed by atoms with E-state index in [0.717, 1.165) is 32.2 Å². The monoisotopic (exact) mass is 448 g/mol. The second-order valence-electron chi connectivity index (χ2n) is 8.57. The van der Waals surface area contributed by atoms with E-state index in [2.05, 4.69) is 9.80 Å². The standard InChI is InChI=1S/C23H30ClFN4O2/c24-20-5-2-6-21(25)19(20)7-8-22(30)28-11-9-26(10-12-28)17-23(31)29-15-13-27(14-16-29)18-3-1-4-18/h2,5-8,18H,1,3-4,9-17H2. The molecule has 2 aliphatic heterocycles. The molecular formula is C23H30ClFN4O2. The minimum Gasteiger partial charge on any atom is -0.339 e. The molecule has 3 fully saturated rings. The summed E-state index contributed by atoms with van der Waals surface area (Å²) in [5, 5.41) is 0.279. The number of benzene rings is 1. The lowest BCUT2D eigenvalue weighted by Gasteiger charge is -2.43. The third kappa shape index (κ3) is 5.45. The van der Waals surface area contributed by atoms with Gasteiger partial charge in [0.1, 0.15) is 5.82 Å². The topological polar surface area (TPSA) is 47.1 Å². The predicted octanol–water partition coefficient (Wildman–Crippen LogP) is 2.33. The van der Waals surface area contributed by atoms with Crippen molar-refractivity contribution < 1.29 is 14.0 Å². The Bertz CT molecular complexity index is 809. The van der Waals surface area contributed by atoms with Crippen molar-refractivity contribution in [1.29, 1.82) is 0 Å². The number of piperazine rings is 2. The maximum Gasteiger partial charge on any atom is 0.246 e. The van der Waals surface area contributed by atoms with Crippen molar-refractivity contribution >= 4 is 29.5 Å². The van der Waals surface area contributed by atoms with Gasteiger partial charge in [-0.25, -0.2) is 4.39 Å². The van der Waals surface area contributed by atoms with Crippen LogP contribution in [0.2, 0.25) is 5.02 Å². The van der Waals surface area contributed by atoms with Crippen molar-refractivity contribution in [3.05, 3.63) is 40.7 Å². The Balaban J connectivity index is 1.20. The largest absolute Gasteiger partial charge is 0.339 e. The molecule has 2 heterocycles. The quantitative estimate of drug-likeness (QED) is 0.649. The SMILES string of the molecule is O=C(C=Cc1c(F)cccc1Cl)N1CCN(CC(=O)N2CCN(C3CCC3)CC2)CC1. The average molecular weight is 449 g/mol. The van der Waals surface area contributed by atoms with E-state index in [1.165, 1.54) is 43.5 Å². The lowest BCUT2D eigenvalue weighted by atomic mass is 9.91. The summed E-state index contributed by atoms with van der Waals surface area (Å²) >= 11 is 6.00. The first-order chi connectivity index (χ1) is 15.0. The van der Waals surface area contributed by atoms with Gasteiger partial charge in [-0.3, -0.25) is 19.4 Å². The van der Waals surface area contributed by atoms with Gasteiger partial charge in [0.2, 0.25) is 11.8 Å². The van der Waals surface area contributed by atoms with E-state index in [-0.39, 0.29) is 22.4 Å². The normalized spacial score (nSPS) is 21.5. The summed E-state index contributed by atoms with van der Waals surface area (Å²) in [6.45, 7) is 6.43. The molecule has 0 N–H and O–H groups in total. The van der Waals surface area contributed by atoms with Crippen LogP contribution in [-0.4, -0.2) is 96.4 Å². The summed E-state index contributed by atoms with van der Waals surface area (Å²) in [5.41, 5.74) is 0.221. The Morgan fingerprint density at radius 3 is 2.29 bits per heavy atom. The summed E-state index contributed by atoms with van der Waals surface area (Å²) in [7, 11) is 0. The summed E-state index contributed by atoms with van der Waals surface area (Å²) in [4.78, 5) is 33.5. The number of hydrogen-bond donors (Lipinski definition) is 0. The van der Waals surface area contributed by atoms with Crippen molar-refractivity contribution in [2.45, 2.75) is 25.3 Å². The van der Waals surface area contributed by atoms with Crippen LogP contribution >= 0.6 is 11.6 Å². The number of nitrogens with zero attached hydrogens (tertiary/aromatic N) is 4. The molecule has 4 rings (SSSR count). The molecule has 2 saturated heterocycles. The van der Waals surface area contributed by atoms with Gasteiger partial charge in [0.25, 0.3) is 0 Å². The Morgan fingerprint density at radius 1 is 1.00 bits per heavy atom. The zero-order chi connectivity index (χ0) is 21.8. The molecule has 2 amide bonds. The van der Waals surface area contributed by atoms with Crippen LogP contribution in [0.25, 0.3) is 6.08 Å². The minimum absolute atomic E-state index is 0.169. The molecule has 168 valence electrons. The van der Waals surface area contributed by atoms with E-state index >= 15 is 0 Å². The number of halogens is 2. The first-order valence-electron chi connectivity index (χ1n) is 11.2. The van der Waals surface area contributed by atoms with Crippen LogP contribution in [0.1, 0.15) is 24.8 Å². The fourth-order valence-electron chi connectivity index (χ4n) is 4.44. The summed E-state index contributed by atoms with van der Waals surface area (Å²) < 4.78 is 13.8. The second kappa shape index (κ2) is 10.1. The minimum atomic E-state index is -0.451. The Hall–Kier alpha value is -1.96. The lowest BCUT2D eigenvalue weighted by molar-refractivity contribution is -0.135. The predicted molar refractivity (Wildman–Crippen MR) is 119 cm³/mol. The van der Waals surface area contributed by atoms with Gasteiger partial charge >= 0.3 is 0 Å². The molecule has 0 aromatic heterocycles. The fraction of sp³-hybridized carbons (Fsp3) is 0.565. The summed E-state index contributed by atoms with van der Waals surface area (Å²) in [6.07, 6.45) is 6.75. The third-order valence-corrected chi connectivity index (χ3v) is 7.02. The third-order valence-electron chi connectivity index (χ3n) is 6.69. The van der Waals surface area contributed by atoms with Crippen LogP contribution in [0.4, 0.5) is 4.39 Å². The molecule has 0 atom stereocenters. The van der Waals surface area contributed by atoms with Crippen molar-refractivity contribution in [2.75, 3.05) is 58.9 Å². The molecule has 0 unspecified atom stereocenters. The van der Waals surface area contributed by atoms with E-state index in [4.69, 9.17) is 11.6 Å². The first kappa shape index (κ1) is 22.2. The number of carbonyl (C=O) groups is 2. The number of carbonyl (C=O) groups excluding carboxylic acids is 2.